The molecule has 0 spiro atoms. The van der Waals surface area contributed by atoms with Gasteiger partial charge in [0.1, 0.15) is 0 Å². The van der Waals surface area contributed by atoms with E-state index in [1.54, 1.807) is 11.3 Å². The van der Waals surface area contributed by atoms with Gasteiger partial charge < -0.3 is 9.80 Å². The van der Waals surface area contributed by atoms with Crippen LogP contribution in [0.4, 0.5) is 5.69 Å². The Morgan fingerprint density at radius 1 is 1.29 bits per heavy atom. The van der Waals surface area contributed by atoms with Crippen LogP contribution in [0, 0.1) is 6.92 Å². The standard InChI is InChI=1S/C19H23N3OS/c1-14-18(24-13-20-14)12-22-11-15(16-5-2-3-6-17(16)22)8-10-21-9-4-7-19(21)23/h2-3,5-6,13,15H,4,7-12H2,1H3/t15-/m1/s1. The number of thiazole rings is 1. The lowest BCUT2D eigenvalue weighted by molar-refractivity contribution is -0.127. The zero-order valence-electron chi connectivity index (χ0n) is 14.1. The summed E-state index contributed by atoms with van der Waals surface area (Å²) >= 11 is 1.74. The lowest BCUT2D eigenvalue weighted by atomic mass is 9.98. The van der Waals surface area contributed by atoms with Gasteiger partial charge in [0.15, 0.2) is 0 Å². The summed E-state index contributed by atoms with van der Waals surface area (Å²) < 4.78 is 0. The highest BCUT2D eigenvalue weighted by Crippen LogP contribution is 2.39. The molecule has 24 heavy (non-hydrogen) atoms. The Morgan fingerprint density at radius 2 is 2.17 bits per heavy atom. The van der Waals surface area contributed by atoms with Gasteiger partial charge in [0.25, 0.3) is 0 Å². The monoisotopic (exact) mass is 341 g/mol. The van der Waals surface area contributed by atoms with Gasteiger partial charge in [-0.1, -0.05) is 18.2 Å². The molecular formula is C19H23N3OS. The summed E-state index contributed by atoms with van der Waals surface area (Å²) in [6, 6.07) is 8.74. The van der Waals surface area contributed by atoms with Gasteiger partial charge in [-0.3, -0.25) is 4.79 Å². The largest absolute Gasteiger partial charge is 0.365 e. The lowest BCUT2D eigenvalue weighted by Gasteiger charge is -2.21. The van der Waals surface area contributed by atoms with Crippen molar-refractivity contribution in [2.45, 2.75) is 38.6 Å². The Bertz CT molecular complexity index is 742. The van der Waals surface area contributed by atoms with Crippen molar-refractivity contribution < 1.29 is 4.79 Å². The molecule has 2 aliphatic rings. The number of aromatic nitrogens is 1. The molecule has 1 aromatic carbocycles. The Kier molecular flexibility index (Phi) is 4.27. The summed E-state index contributed by atoms with van der Waals surface area (Å²) in [4.78, 5) is 22.1. The van der Waals surface area contributed by atoms with Gasteiger partial charge in [0.2, 0.25) is 5.91 Å². The number of carbonyl (C=O) groups excluding carboxylic acids is 1. The third kappa shape index (κ3) is 2.93. The van der Waals surface area contributed by atoms with Crippen molar-refractivity contribution in [3.05, 3.63) is 45.9 Å². The SMILES string of the molecule is Cc1ncsc1CN1C[C@@H](CCN2CCCC2=O)c2ccccc21. The highest BCUT2D eigenvalue weighted by atomic mass is 32.1. The van der Waals surface area contributed by atoms with Crippen LogP contribution in [-0.4, -0.2) is 35.4 Å². The molecular weight excluding hydrogens is 318 g/mol. The average Bonchev–Trinajstić information content (AvgIpc) is 3.27. The van der Waals surface area contributed by atoms with Gasteiger partial charge in [0.05, 0.1) is 17.7 Å². The topological polar surface area (TPSA) is 36.4 Å². The highest BCUT2D eigenvalue weighted by Gasteiger charge is 2.30. The van der Waals surface area contributed by atoms with Crippen molar-refractivity contribution in [1.82, 2.24) is 9.88 Å². The van der Waals surface area contributed by atoms with E-state index in [-0.39, 0.29) is 0 Å². The second-order valence-electron chi connectivity index (χ2n) is 6.77. The molecule has 4 nitrogen and oxygen atoms in total. The minimum absolute atomic E-state index is 0.332. The summed E-state index contributed by atoms with van der Waals surface area (Å²) in [6.45, 7) is 5.90. The predicted molar refractivity (Wildman–Crippen MR) is 97.5 cm³/mol. The van der Waals surface area contributed by atoms with Crippen molar-refractivity contribution in [2.24, 2.45) is 0 Å². The molecule has 126 valence electrons. The zero-order chi connectivity index (χ0) is 16.5. The second kappa shape index (κ2) is 6.55. The first-order chi connectivity index (χ1) is 11.7. The number of aryl methyl sites for hydroxylation is 1. The lowest BCUT2D eigenvalue weighted by Crippen LogP contribution is -2.28. The number of para-hydroxylation sites is 1. The molecule has 3 heterocycles. The number of benzene rings is 1. The second-order valence-corrected chi connectivity index (χ2v) is 7.71. The maximum absolute atomic E-state index is 11.8. The molecule has 0 bridgehead atoms. The molecule has 0 N–H and O–H groups in total. The van der Waals surface area contributed by atoms with E-state index in [0.29, 0.717) is 11.8 Å². The Labute approximate surface area is 147 Å². The van der Waals surface area contributed by atoms with Gasteiger partial charge in [-0.2, -0.15) is 0 Å². The summed E-state index contributed by atoms with van der Waals surface area (Å²) in [5.41, 5.74) is 5.86. The van der Waals surface area contributed by atoms with Crippen molar-refractivity contribution in [3.8, 4) is 0 Å². The van der Waals surface area contributed by atoms with E-state index in [1.807, 2.05) is 10.4 Å². The summed E-state index contributed by atoms with van der Waals surface area (Å²) in [6.07, 6.45) is 2.82. The van der Waals surface area contributed by atoms with Gasteiger partial charge in [-0.15, -0.1) is 11.3 Å². The van der Waals surface area contributed by atoms with Crippen LogP contribution in [-0.2, 0) is 11.3 Å². The molecule has 0 saturated carbocycles. The normalized spacial score (nSPS) is 20.0. The fourth-order valence-electron chi connectivity index (χ4n) is 3.88. The number of nitrogens with zero attached hydrogens (tertiary/aromatic N) is 3. The van der Waals surface area contributed by atoms with E-state index < -0.39 is 0 Å². The molecule has 2 aliphatic heterocycles. The first-order valence-electron chi connectivity index (χ1n) is 8.73. The third-order valence-corrected chi connectivity index (χ3v) is 6.18. The maximum atomic E-state index is 11.8. The number of hydrogen-bond acceptors (Lipinski definition) is 4. The minimum Gasteiger partial charge on any atom is -0.365 e. The molecule has 2 aromatic rings. The van der Waals surface area contributed by atoms with E-state index in [1.165, 1.54) is 16.1 Å². The van der Waals surface area contributed by atoms with Crippen LogP contribution in [0.2, 0.25) is 0 Å². The number of carbonyl (C=O) groups is 1. The van der Waals surface area contributed by atoms with Crippen LogP contribution in [0.3, 0.4) is 0 Å². The molecule has 1 saturated heterocycles. The van der Waals surface area contributed by atoms with Gasteiger partial charge >= 0.3 is 0 Å². The average molecular weight is 341 g/mol. The van der Waals surface area contributed by atoms with Crippen LogP contribution in [0.1, 0.15) is 41.3 Å². The quantitative estimate of drug-likeness (QED) is 0.834. The Hall–Kier alpha value is -1.88. The van der Waals surface area contributed by atoms with E-state index >= 15 is 0 Å². The van der Waals surface area contributed by atoms with E-state index in [4.69, 9.17) is 0 Å². The molecule has 1 fully saturated rings. The Morgan fingerprint density at radius 3 is 2.92 bits per heavy atom. The summed E-state index contributed by atoms with van der Waals surface area (Å²) in [5, 5.41) is 0. The van der Waals surface area contributed by atoms with E-state index in [2.05, 4.69) is 41.1 Å². The third-order valence-electron chi connectivity index (χ3n) is 5.26. The molecule has 5 heteroatoms. The highest BCUT2D eigenvalue weighted by molar-refractivity contribution is 7.09. The van der Waals surface area contributed by atoms with E-state index in [9.17, 15) is 4.79 Å². The molecule has 1 amide bonds. The molecule has 0 radical (unpaired) electrons. The van der Waals surface area contributed by atoms with Crippen LogP contribution in [0.5, 0.6) is 0 Å². The number of likely N-dealkylation sites (tertiary alicyclic amines) is 1. The molecule has 1 aromatic heterocycles. The molecule has 0 aliphatic carbocycles. The molecule has 1 atom stereocenters. The van der Waals surface area contributed by atoms with E-state index in [0.717, 1.165) is 51.1 Å². The number of hydrogen-bond donors (Lipinski definition) is 0. The molecule has 4 rings (SSSR count). The number of rotatable bonds is 5. The van der Waals surface area contributed by atoms with Crippen molar-refractivity contribution >= 4 is 22.9 Å². The van der Waals surface area contributed by atoms with Gasteiger partial charge in [0, 0.05) is 42.5 Å². The van der Waals surface area contributed by atoms with Crippen LogP contribution in [0.15, 0.2) is 29.8 Å². The van der Waals surface area contributed by atoms with Crippen LogP contribution in [0.25, 0.3) is 0 Å². The summed E-state index contributed by atoms with van der Waals surface area (Å²) in [5.74, 6) is 0.848. The van der Waals surface area contributed by atoms with Crippen molar-refractivity contribution in [2.75, 3.05) is 24.5 Å². The number of fused-ring (bicyclic) bond motifs is 1. The van der Waals surface area contributed by atoms with Crippen LogP contribution >= 0.6 is 11.3 Å². The first-order valence-corrected chi connectivity index (χ1v) is 9.61. The summed E-state index contributed by atoms with van der Waals surface area (Å²) in [7, 11) is 0. The Balaban J connectivity index is 1.48. The molecule has 0 unspecified atom stereocenters. The van der Waals surface area contributed by atoms with Crippen molar-refractivity contribution in [1.29, 1.82) is 0 Å². The fraction of sp³-hybridized carbons (Fsp3) is 0.474. The fourth-order valence-corrected chi connectivity index (χ4v) is 4.68. The van der Waals surface area contributed by atoms with Crippen LogP contribution < -0.4 is 4.90 Å². The minimum atomic E-state index is 0.332. The van der Waals surface area contributed by atoms with Gasteiger partial charge in [-0.25, -0.2) is 4.98 Å². The first kappa shape index (κ1) is 15.6. The number of amides is 1. The maximum Gasteiger partial charge on any atom is 0.222 e. The van der Waals surface area contributed by atoms with Crippen molar-refractivity contribution in [3.63, 3.8) is 0 Å². The zero-order valence-corrected chi connectivity index (χ0v) is 14.9. The predicted octanol–water partition coefficient (Wildman–Crippen LogP) is 3.57. The number of anilines is 1. The smallest absolute Gasteiger partial charge is 0.222 e. The van der Waals surface area contributed by atoms with Gasteiger partial charge in [-0.05, 0) is 31.4 Å².